The zero-order valence-corrected chi connectivity index (χ0v) is 19.6. The van der Waals surface area contributed by atoms with Crippen LogP contribution in [0, 0.1) is 5.82 Å². The number of primary amides is 1. The molecule has 4 aromatic rings. The van der Waals surface area contributed by atoms with E-state index in [0.717, 1.165) is 11.0 Å². The highest BCUT2D eigenvalue weighted by atomic mass is 35.5. The van der Waals surface area contributed by atoms with E-state index in [2.05, 4.69) is 10.3 Å². The average molecular weight is 492 g/mol. The number of rotatable bonds is 6. The Morgan fingerprint density at radius 3 is 2.50 bits per heavy atom. The summed E-state index contributed by atoms with van der Waals surface area (Å²) in [4.78, 5) is 30.5. The van der Waals surface area contributed by atoms with Gasteiger partial charge in [0.25, 0.3) is 11.8 Å². The molecule has 0 atom stereocenters. The van der Waals surface area contributed by atoms with E-state index in [4.69, 9.17) is 17.3 Å². The molecule has 0 aliphatic rings. The van der Waals surface area contributed by atoms with E-state index in [1.807, 2.05) is 18.4 Å². The van der Waals surface area contributed by atoms with Crippen LogP contribution in [-0.2, 0) is 0 Å². The Bertz CT molecular complexity index is 1400. The first-order valence-electron chi connectivity index (χ1n) is 10.2. The molecule has 0 bridgehead atoms. The van der Waals surface area contributed by atoms with E-state index in [-0.39, 0.29) is 16.7 Å². The zero-order valence-electron chi connectivity index (χ0n) is 18.0. The van der Waals surface area contributed by atoms with Crippen LogP contribution in [0.3, 0.4) is 0 Å². The molecule has 0 fully saturated rings. The van der Waals surface area contributed by atoms with Crippen LogP contribution in [0.25, 0.3) is 22.4 Å². The van der Waals surface area contributed by atoms with Gasteiger partial charge in [-0.3, -0.25) is 14.6 Å². The van der Waals surface area contributed by atoms with Crippen molar-refractivity contribution in [3.63, 3.8) is 0 Å². The quantitative estimate of drug-likeness (QED) is 0.311. The van der Waals surface area contributed by atoms with Crippen LogP contribution < -0.4 is 11.1 Å². The molecule has 8 heteroatoms. The van der Waals surface area contributed by atoms with Gasteiger partial charge in [-0.15, -0.1) is 11.8 Å². The van der Waals surface area contributed by atoms with Gasteiger partial charge in [0.2, 0.25) is 0 Å². The molecule has 0 aliphatic heterocycles. The van der Waals surface area contributed by atoms with Crippen molar-refractivity contribution in [2.75, 3.05) is 11.6 Å². The van der Waals surface area contributed by atoms with Gasteiger partial charge < -0.3 is 11.1 Å². The van der Waals surface area contributed by atoms with Crippen molar-refractivity contribution in [1.82, 2.24) is 4.98 Å². The van der Waals surface area contributed by atoms with Gasteiger partial charge in [-0.1, -0.05) is 29.8 Å². The molecule has 2 amide bonds. The molecule has 34 heavy (non-hydrogen) atoms. The van der Waals surface area contributed by atoms with Crippen molar-refractivity contribution in [1.29, 1.82) is 0 Å². The molecule has 5 nitrogen and oxygen atoms in total. The fourth-order valence-corrected chi connectivity index (χ4v) is 4.24. The summed E-state index contributed by atoms with van der Waals surface area (Å²) in [5.41, 5.74) is 7.94. The molecule has 0 unspecified atom stereocenters. The van der Waals surface area contributed by atoms with Crippen LogP contribution in [0.5, 0.6) is 0 Å². The highest BCUT2D eigenvalue weighted by Gasteiger charge is 2.21. The third-order valence-corrected chi connectivity index (χ3v) is 6.24. The van der Waals surface area contributed by atoms with Gasteiger partial charge in [-0.25, -0.2) is 4.39 Å². The Kier molecular flexibility index (Phi) is 6.95. The number of hydrogen-bond acceptors (Lipinski definition) is 4. The maximum atomic E-state index is 14.5. The fourth-order valence-electron chi connectivity index (χ4n) is 3.59. The van der Waals surface area contributed by atoms with Crippen LogP contribution in [0.2, 0.25) is 5.02 Å². The second kappa shape index (κ2) is 10.1. The van der Waals surface area contributed by atoms with E-state index in [1.54, 1.807) is 54.7 Å². The van der Waals surface area contributed by atoms with Crippen LogP contribution in [0.15, 0.2) is 83.9 Å². The second-order valence-electron chi connectivity index (χ2n) is 7.30. The Balaban J connectivity index is 1.77. The smallest absolute Gasteiger partial charge is 0.256 e. The second-order valence-corrected chi connectivity index (χ2v) is 8.59. The Hall–Kier alpha value is -3.68. The lowest BCUT2D eigenvalue weighted by molar-refractivity contribution is 0.0993. The summed E-state index contributed by atoms with van der Waals surface area (Å²) in [6, 6.07) is 19.9. The van der Waals surface area contributed by atoms with E-state index in [0.29, 0.717) is 27.5 Å². The molecule has 4 rings (SSSR count). The summed E-state index contributed by atoms with van der Waals surface area (Å²) in [6.45, 7) is 0. The molecule has 1 aromatic heterocycles. The normalized spacial score (nSPS) is 10.7. The molecule has 0 aliphatic carbocycles. The van der Waals surface area contributed by atoms with Crippen LogP contribution in [0.4, 0.5) is 10.1 Å². The monoisotopic (exact) mass is 491 g/mol. The minimum Gasteiger partial charge on any atom is -0.365 e. The topological polar surface area (TPSA) is 85.1 Å². The number of carbonyl (C=O) groups excluding carboxylic acids is 2. The standard InChI is InChI=1S/C26H19ClFN3O2S/c1-34-16-9-10-18(19(14-16)17-5-4-6-22(28)24(17)25(29)32)26(33)31-15-8-11-21(27)20(13-15)23-7-2-3-12-30-23/h2-14H,1H3,(H2,29,32)(H,31,33). The fraction of sp³-hybridized carbons (Fsp3) is 0.0385. The van der Waals surface area contributed by atoms with Gasteiger partial charge in [-0.05, 0) is 72.0 Å². The first kappa shape index (κ1) is 23.5. The zero-order chi connectivity index (χ0) is 24.2. The van der Waals surface area contributed by atoms with Gasteiger partial charge in [-0.2, -0.15) is 0 Å². The summed E-state index contributed by atoms with van der Waals surface area (Å²) in [5, 5.41) is 3.36. The molecule has 0 spiro atoms. The predicted molar refractivity (Wildman–Crippen MR) is 135 cm³/mol. The summed E-state index contributed by atoms with van der Waals surface area (Å²) >= 11 is 7.81. The average Bonchev–Trinajstić information content (AvgIpc) is 2.85. The number of nitrogens with zero attached hydrogens (tertiary/aromatic N) is 1. The van der Waals surface area contributed by atoms with E-state index >= 15 is 0 Å². The largest absolute Gasteiger partial charge is 0.365 e. The molecule has 170 valence electrons. The lowest BCUT2D eigenvalue weighted by Crippen LogP contribution is -2.17. The molecular formula is C26H19ClFN3O2S. The highest BCUT2D eigenvalue weighted by Crippen LogP contribution is 2.33. The number of amides is 2. The van der Waals surface area contributed by atoms with Crippen LogP contribution in [-0.4, -0.2) is 23.1 Å². The number of carbonyl (C=O) groups is 2. The maximum Gasteiger partial charge on any atom is 0.256 e. The van der Waals surface area contributed by atoms with Crippen LogP contribution in [0.1, 0.15) is 20.7 Å². The first-order valence-corrected chi connectivity index (χ1v) is 11.8. The number of aromatic nitrogens is 1. The minimum atomic E-state index is -0.910. The van der Waals surface area contributed by atoms with Gasteiger partial charge in [0.15, 0.2) is 0 Å². The van der Waals surface area contributed by atoms with E-state index < -0.39 is 17.6 Å². The number of halogens is 2. The third-order valence-electron chi connectivity index (χ3n) is 5.19. The lowest BCUT2D eigenvalue weighted by Gasteiger charge is -2.15. The number of benzene rings is 3. The number of anilines is 1. The van der Waals surface area contributed by atoms with Gasteiger partial charge in [0.05, 0.1) is 16.3 Å². The van der Waals surface area contributed by atoms with Crippen molar-refractivity contribution in [3.05, 3.63) is 101 Å². The molecule has 3 N–H and O–H groups in total. The molecule has 1 heterocycles. The SMILES string of the molecule is CSc1ccc(C(=O)Nc2ccc(Cl)c(-c3ccccn3)c2)c(-c2cccc(F)c2C(N)=O)c1. The van der Waals surface area contributed by atoms with Crippen molar-refractivity contribution in [3.8, 4) is 22.4 Å². The summed E-state index contributed by atoms with van der Waals surface area (Å²) in [6.07, 6.45) is 3.54. The van der Waals surface area contributed by atoms with Gasteiger partial charge in [0.1, 0.15) is 5.82 Å². The molecule has 3 aromatic carbocycles. The maximum absolute atomic E-state index is 14.5. The Labute approximate surface area is 205 Å². The summed E-state index contributed by atoms with van der Waals surface area (Å²) in [5.74, 6) is -2.09. The van der Waals surface area contributed by atoms with E-state index in [9.17, 15) is 14.0 Å². The van der Waals surface area contributed by atoms with Gasteiger partial charge in [0, 0.05) is 27.9 Å². The van der Waals surface area contributed by atoms with Crippen molar-refractivity contribution >= 4 is 40.9 Å². The summed E-state index contributed by atoms with van der Waals surface area (Å²) < 4.78 is 14.5. The Morgan fingerprint density at radius 1 is 0.971 bits per heavy atom. The summed E-state index contributed by atoms with van der Waals surface area (Å²) in [7, 11) is 0. The molecular weight excluding hydrogens is 473 g/mol. The number of nitrogens with one attached hydrogen (secondary N) is 1. The van der Waals surface area contributed by atoms with Crippen LogP contribution >= 0.6 is 23.4 Å². The van der Waals surface area contributed by atoms with Gasteiger partial charge >= 0.3 is 0 Å². The van der Waals surface area contributed by atoms with Crippen molar-refractivity contribution in [2.24, 2.45) is 5.73 Å². The number of nitrogens with two attached hydrogens (primary N) is 1. The lowest BCUT2D eigenvalue weighted by atomic mass is 9.94. The van der Waals surface area contributed by atoms with Crippen molar-refractivity contribution < 1.29 is 14.0 Å². The third kappa shape index (κ3) is 4.81. The number of thioether (sulfide) groups is 1. The molecule has 0 saturated carbocycles. The molecule has 0 radical (unpaired) electrons. The number of hydrogen-bond donors (Lipinski definition) is 2. The molecule has 0 saturated heterocycles. The first-order chi connectivity index (χ1) is 16.4. The predicted octanol–water partition coefficient (Wildman–Crippen LogP) is 6.28. The van der Waals surface area contributed by atoms with E-state index in [1.165, 1.54) is 17.8 Å². The number of pyridine rings is 1. The highest BCUT2D eigenvalue weighted by molar-refractivity contribution is 7.98. The minimum absolute atomic E-state index is 0.249. The Morgan fingerprint density at radius 2 is 1.79 bits per heavy atom. The van der Waals surface area contributed by atoms with Crippen molar-refractivity contribution in [2.45, 2.75) is 4.90 Å².